The Balaban J connectivity index is 0.000000548. The molecular weight excluding hydrogens is 603 g/mol. The van der Waals surface area contributed by atoms with E-state index >= 15 is 0 Å². The van der Waals surface area contributed by atoms with Crippen LogP contribution in [0.4, 0.5) is 0 Å². The van der Waals surface area contributed by atoms with E-state index in [1.54, 1.807) is 5.20 Å². The van der Waals surface area contributed by atoms with Gasteiger partial charge in [-0.25, -0.2) is 18.2 Å². The molecule has 0 amide bonds. The number of hydrogen-bond acceptors (Lipinski definition) is 0. The van der Waals surface area contributed by atoms with Gasteiger partial charge in [0.2, 0.25) is 0 Å². The third-order valence-electron chi connectivity index (χ3n) is 6.34. The zero-order valence-electron chi connectivity index (χ0n) is 22.3. The summed E-state index contributed by atoms with van der Waals surface area (Å²) >= 11 is 0. The van der Waals surface area contributed by atoms with Crippen LogP contribution in [-0.4, -0.2) is 17.6 Å². The maximum atomic E-state index is 3.16. The summed E-state index contributed by atoms with van der Waals surface area (Å²) in [4.78, 5) is 0. The molecule has 0 aromatic heterocycles. The van der Waals surface area contributed by atoms with Crippen LogP contribution in [-0.2, 0) is 39.0 Å². The van der Waals surface area contributed by atoms with E-state index in [-0.39, 0.29) is 51.0 Å². The molecule has 0 atom stereocenters. The molecule has 3 aliphatic rings. The number of rotatable bonds is 2. The summed E-state index contributed by atoms with van der Waals surface area (Å²) in [6.07, 6.45) is 19.0. The normalized spacial score (nSPS) is 13.5. The topological polar surface area (TPSA) is 0 Å². The van der Waals surface area contributed by atoms with E-state index in [2.05, 4.69) is 117 Å². The van der Waals surface area contributed by atoms with Gasteiger partial charge in [-0.15, -0.1) is 18.1 Å². The molecule has 37 heavy (non-hydrogen) atoms. The van der Waals surface area contributed by atoms with E-state index in [0.29, 0.717) is 5.54 Å². The zero-order chi connectivity index (χ0) is 24.2. The second kappa shape index (κ2) is 18.8. The maximum absolute atomic E-state index is 3.16. The Labute approximate surface area is 260 Å². The Kier molecular flexibility index (Phi) is 18.1. The molecule has 0 saturated carbocycles. The molecule has 3 aromatic rings. The van der Waals surface area contributed by atoms with Gasteiger partial charge < -0.3 is 24.8 Å². The van der Waals surface area contributed by atoms with Gasteiger partial charge in [-0.1, -0.05) is 104 Å². The van der Waals surface area contributed by atoms with Gasteiger partial charge in [-0.2, -0.15) is 23.8 Å². The molecular formula is C32H37Cl2Si2Zr. The summed E-state index contributed by atoms with van der Waals surface area (Å²) in [6.45, 7) is 9.41. The third-order valence-corrected chi connectivity index (χ3v) is 10.4. The van der Waals surface area contributed by atoms with Gasteiger partial charge in [0, 0.05) is 9.52 Å². The van der Waals surface area contributed by atoms with Crippen LogP contribution in [0.15, 0.2) is 108 Å². The molecule has 3 aromatic carbocycles. The number of fused-ring (bicyclic) bond motifs is 2. The van der Waals surface area contributed by atoms with Crippen molar-refractivity contribution in [3.63, 3.8) is 0 Å². The van der Waals surface area contributed by atoms with Gasteiger partial charge in [0.15, 0.2) is 0 Å². The predicted octanol–water partition coefficient (Wildman–Crippen LogP) is 2.36. The fraction of sp³-hybridized carbons (Fsp3) is 0.219. The van der Waals surface area contributed by atoms with Crippen molar-refractivity contribution >= 4 is 29.7 Å². The minimum absolute atomic E-state index is 0. The van der Waals surface area contributed by atoms with Crippen LogP contribution < -0.4 is 24.8 Å². The smallest absolute Gasteiger partial charge is 1.00 e. The molecule has 0 bridgehead atoms. The number of hydrogen-bond donors (Lipinski definition) is 0. The van der Waals surface area contributed by atoms with E-state index in [9.17, 15) is 0 Å². The molecule has 3 aliphatic carbocycles. The van der Waals surface area contributed by atoms with Crippen LogP contribution in [0.5, 0.6) is 0 Å². The van der Waals surface area contributed by atoms with Crippen LogP contribution in [0.2, 0.25) is 31.7 Å². The van der Waals surface area contributed by atoms with E-state index in [0.717, 1.165) is 15.9 Å². The summed E-state index contributed by atoms with van der Waals surface area (Å²) in [5.41, 5.74) is 6.36. The van der Waals surface area contributed by atoms with Gasteiger partial charge in [-0.3, -0.25) is 6.08 Å². The van der Waals surface area contributed by atoms with Gasteiger partial charge in [-0.05, 0) is 23.1 Å². The van der Waals surface area contributed by atoms with Gasteiger partial charge >= 0.3 is 26.2 Å². The molecule has 0 heterocycles. The Hall–Kier alpha value is -1.35. The van der Waals surface area contributed by atoms with Crippen LogP contribution in [0.3, 0.4) is 0 Å². The van der Waals surface area contributed by atoms with Gasteiger partial charge in [0.05, 0.1) is 8.07 Å². The Morgan fingerprint density at radius 1 is 0.811 bits per heavy atom. The van der Waals surface area contributed by atoms with Crippen molar-refractivity contribution in [1.82, 2.24) is 0 Å². The Morgan fingerprint density at radius 2 is 1.35 bits per heavy atom. The standard InChI is InChI=1S/C16H18Si.C9H7.C5H5.C2H7Si.2ClH.Zr/c1-17(2,15-9-5-6-10-15)16-11-13-7-3-4-8-14(13)12-16;1-2-5-9-7-3-6-8(9)4-1;1-2-4-5-3-1;1-3-2;;;/h3-11,15H,12H2,1-2H3;1-2,4-6H,7H2;1-5H;3H,1-2H3;2*1H;/q;2*-1;;;;+4/p-2. The van der Waals surface area contributed by atoms with Crippen molar-refractivity contribution in [3.05, 3.63) is 137 Å². The fourth-order valence-electron chi connectivity index (χ4n) is 4.25. The zero-order valence-corrected chi connectivity index (χ0v) is 28.4. The quantitative estimate of drug-likeness (QED) is 0.299. The largest absolute Gasteiger partial charge is 4.00 e. The first-order chi connectivity index (χ1) is 16.6. The average Bonchev–Trinajstić information content (AvgIpc) is 3.68. The molecule has 6 rings (SSSR count). The summed E-state index contributed by atoms with van der Waals surface area (Å²) < 4.78 is 0. The minimum Gasteiger partial charge on any atom is -1.00 e. The van der Waals surface area contributed by atoms with Crippen molar-refractivity contribution in [2.45, 2.75) is 44.6 Å². The molecule has 0 spiro atoms. The van der Waals surface area contributed by atoms with Gasteiger partial charge in [0.1, 0.15) is 0 Å². The van der Waals surface area contributed by atoms with E-state index in [1.165, 1.54) is 28.7 Å². The first-order valence-electron chi connectivity index (χ1n) is 12.3. The number of benzene rings is 2. The van der Waals surface area contributed by atoms with Gasteiger partial charge in [0.25, 0.3) is 0 Å². The molecule has 0 saturated heterocycles. The van der Waals surface area contributed by atoms with Crippen LogP contribution in [0, 0.1) is 6.08 Å². The molecule has 0 nitrogen and oxygen atoms in total. The first kappa shape index (κ1) is 35.6. The Morgan fingerprint density at radius 3 is 1.86 bits per heavy atom. The fourth-order valence-corrected chi connectivity index (χ4v) is 7.03. The first-order valence-corrected chi connectivity index (χ1v) is 17.6. The van der Waals surface area contributed by atoms with Crippen molar-refractivity contribution in [2.24, 2.45) is 0 Å². The van der Waals surface area contributed by atoms with E-state index < -0.39 is 8.07 Å². The van der Waals surface area contributed by atoms with E-state index in [1.807, 2.05) is 30.3 Å². The molecule has 0 unspecified atom stereocenters. The van der Waals surface area contributed by atoms with Crippen LogP contribution in [0.1, 0.15) is 22.3 Å². The molecule has 191 valence electrons. The van der Waals surface area contributed by atoms with Crippen molar-refractivity contribution in [3.8, 4) is 0 Å². The predicted molar refractivity (Wildman–Crippen MR) is 156 cm³/mol. The summed E-state index contributed by atoms with van der Waals surface area (Å²) in [7, 11) is -0.598. The third kappa shape index (κ3) is 10.7. The number of allylic oxidation sites excluding steroid dienone is 6. The van der Waals surface area contributed by atoms with Crippen molar-refractivity contribution < 1.29 is 51.0 Å². The molecule has 0 fully saturated rings. The second-order valence-electron chi connectivity index (χ2n) is 9.33. The summed E-state index contributed by atoms with van der Waals surface area (Å²) in [6, 6.07) is 27.2. The minimum atomic E-state index is -1.35. The molecule has 0 aliphatic heterocycles. The van der Waals surface area contributed by atoms with Crippen LogP contribution >= 0.6 is 0 Å². The maximum Gasteiger partial charge on any atom is 4.00 e. The SMILES string of the molecule is C[SiH]C.C[Si](C)(C1=Cc2ccccc2C1)C1C=CC=C1.[C-]1=Cc2ccccc2C1.[Cl-].[Cl-].[Zr+4].c1cc[cH-]c1. The summed E-state index contributed by atoms with van der Waals surface area (Å²) in [5, 5.41) is 1.69. The van der Waals surface area contributed by atoms with Crippen LogP contribution in [0.25, 0.3) is 12.2 Å². The molecule has 0 N–H and O–H groups in total. The second-order valence-corrected chi connectivity index (χ2v) is 15.2. The average molecular weight is 640 g/mol. The molecule has 5 heteroatoms. The number of halogens is 2. The Bertz CT molecular complexity index is 1120. The summed E-state index contributed by atoms with van der Waals surface area (Å²) in [5.74, 6) is 0. The van der Waals surface area contributed by atoms with Crippen molar-refractivity contribution in [1.29, 1.82) is 0 Å². The van der Waals surface area contributed by atoms with Crippen molar-refractivity contribution in [2.75, 3.05) is 0 Å². The molecule has 1 radical (unpaired) electrons. The monoisotopic (exact) mass is 637 g/mol. The van der Waals surface area contributed by atoms with E-state index in [4.69, 9.17) is 0 Å².